The number of carbonyl (C=O) groups excluding carboxylic acids is 2. The van der Waals surface area contributed by atoms with Crippen LogP contribution in [0.1, 0.15) is 54.4 Å². The Bertz CT molecular complexity index is 466. The summed E-state index contributed by atoms with van der Waals surface area (Å²) in [7, 11) is 0. The molecule has 2 aliphatic carbocycles. The smallest absolute Gasteiger partial charge is 0.407 e. The van der Waals surface area contributed by atoms with E-state index in [1.807, 2.05) is 41.5 Å². The fourth-order valence-electron chi connectivity index (χ4n) is 2.63. The Labute approximate surface area is 168 Å². The maximum atomic E-state index is 11.2. The monoisotopic (exact) mass is 402 g/mol. The third-order valence-corrected chi connectivity index (χ3v) is 4.42. The number of rotatable bonds is 6. The number of aliphatic hydroxyl groups excluding tert-OH is 2. The summed E-state index contributed by atoms with van der Waals surface area (Å²) < 4.78 is 10.1. The van der Waals surface area contributed by atoms with Crippen molar-refractivity contribution >= 4 is 12.2 Å². The van der Waals surface area contributed by atoms with E-state index in [1.165, 1.54) is 0 Å². The number of alkyl carbamates (subject to hydrolysis) is 2. The standard InChI is InChI=1S/2C10H19NO3/c2*1-10(2,3)14-9(13)11-5-7-4-8(7)6-12/h2*7-8,12H,4-6H2,1-3H3,(H,11,13)/t2*7-,8-/m10/s1. The molecule has 0 aromatic carbocycles. The third-order valence-electron chi connectivity index (χ3n) is 4.42. The number of aliphatic hydroxyl groups is 2. The molecule has 4 N–H and O–H groups in total. The van der Waals surface area contributed by atoms with E-state index in [0.29, 0.717) is 36.8 Å². The summed E-state index contributed by atoms with van der Waals surface area (Å²) in [4.78, 5) is 22.4. The predicted octanol–water partition coefficient (Wildman–Crippen LogP) is 2.28. The van der Waals surface area contributed by atoms with E-state index in [9.17, 15) is 9.59 Å². The van der Waals surface area contributed by atoms with Crippen molar-refractivity contribution in [2.24, 2.45) is 23.7 Å². The second kappa shape index (κ2) is 10.3. The minimum absolute atomic E-state index is 0.223. The molecule has 2 saturated carbocycles. The summed E-state index contributed by atoms with van der Waals surface area (Å²) in [6.07, 6.45) is 1.26. The maximum Gasteiger partial charge on any atom is 0.407 e. The van der Waals surface area contributed by atoms with Crippen LogP contribution in [-0.4, -0.2) is 59.9 Å². The lowest BCUT2D eigenvalue weighted by atomic mass is 10.2. The maximum absolute atomic E-state index is 11.2. The normalized spacial score (nSPS) is 25.7. The van der Waals surface area contributed by atoms with Crippen LogP contribution < -0.4 is 10.6 Å². The molecular formula is C20H38N2O6. The summed E-state index contributed by atoms with van der Waals surface area (Å²) in [5.74, 6) is 1.63. The van der Waals surface area contributed by atoms with Crippen LogP contribution in [0.3, 0.4) is 0 Å². The van der Waals surface area contributed by atoms with E-state index in [2.05, 4.69) is 10.6 Å². The molecule has 8 nitrogen and oxygen atoms in total. The first kappa shape index (κ1) is 24.5. The van der Waals surface area contributed by atoms with Gasteiger partial charge in [-0.1, -0.05) is 0 Å². The van der Waals surface area contributed by atoms with Crippen LogP contribution in [0.15, 0.2) is 0 Å². The number of hydrogen-bond acceptors (Lipinski definition) is 6. The van der Waals surface area contributed by atoms with E-state index >= 15 is 0 Å². The Kier molecular flexibility index (Phi) is 9.01. The second-order valence-electron chi connectivity index (χ2n) is 9.64. The zero-order valence-electron chi connectivity index (χ0n) is 18.1. The molecule has 4 atom stereocenters. The second-order valence-corrected chi connectivity index (χ2v) is 9.64. The highest BCUT2D eigenvalue weighted by molar-refractivity contribution is 5.68. The van der Waals surface area contributed by atoms with Crippen LogP contribution in [0.25, 0.3) is 0 Å². The van der Waals surface area contributed by atoms with Gasteiger partial charge in [0, 0.05) is 26.3 Å². The lowest BCUT2D eigenvalue weighted by Crippen LogP contribution is -2.33. The summed E-state index contributed by atoms with van der Waals surface area (Å²) in [5.41, 5.74) is -0.881. The van der Waals surface area contributed by atoms with Crippen molar-refractivity contribution in [2.75, 3.05) is 26.3 Å². The Morgan fingerprint density at radius 1 is 0.750 bits per heavy atom. The average molecular weight is 403 g/mol. The van der Waals surface area contributed by atoms with Crippen molar-refractivity contribution in [2.45, 2.75) is 65.6 Å². The molecule has 164 valence electrons. The fraction of sp³-hybridized carbons (Fsp3) is 0.900. The van der Waals surface area contributed by atoms with Gasteiger partial charge in [0.1, 0.15) is 11.2 Å². The molecule has 0 heterocycles. The van der Waals surface area contributed by atoms with Gasteiger partial charge in [0.15, 0.2) is 0 Å². The van der Waals surface area contributed by atoms with Crippen molar-refractivity contribution < 1.29 is 29.3 Å². The van der Waals surface area contributed by atoms with Gasteiger partial charge in [-0.3, -0.25) is 0 Å². The van der Waals surface area contributed by atoms with Crippen LogP contribution in [-0.2, 0) is 9.47 Å². The molecule has 0 aliphatic heterocycles. The molecule has 0 spiro atoms. The molecule has 2 amide bonds. The fourth-order valence-corrected chi connectivity index (χ4v) is 2.63. The Morgan fingerprint density at radius 3 is 1.29 bits per heavy atom. The van der Waals surface area contributed by atoms with Crippen molar-refractivity contribution in [3.63, 3.8) is 0 Å². The molecule has 0 radical (unpaired) electrons. The van der Waals surface area contributed by atoms with Gasteiger partial charge in [0.05, 0.1) is 0 Å². The van der Waals surface area contributed by atoms with Crippen LogP contribution in [0.5, 0.6) is 0 Å². The number of carbonyl (C=O) groups is 2. The zero-order chi connectivity index (χ0) is 21.5. The molecule has 2 rings (SSSR count). The van der Waals surface area contributed by atoms with E-state index < -0.39 is 11.2 Å². The van der Waals surface area contributed by atoms with Gasteiger partial charge in [-0.05, 0) is 78.1 Å². The molecule has 0 unspecified atom stereocenters. The van der Waals surface area contributed by atoms with E-state index in [4.69, 9.17) is 19.7 Å². The minimum Gasteiger partial charge on any atom is -0.444 e. The van der Waals surface area contributed by atoms with E-state index in [0.717, 1.165) is 12.8 Å². The third kappa shape index (κ3) is 11.3. The van der Waals surface area contributed by atoms with Gasteiger partial charge in [-0.25, -0.2) is 9.59 Å². The number of ether oxygens (including phenoxy) is 2. The number of nitrogens with one attached hydrogen (secondary N) is 2. The number of hydrogen-bond donors (Lipinski definition) is 4. The molecule has 0 bridgehead atoms. The van der Waals surface area contributed by atoms with Gasteiger partial charge in [-0.15, -0.1) is 0 Å². The molecular weight excluding hydrogens is 364 g/mol. The van der Waals surface area contributed by atoms with Crippen molar-refractivity contribution in [1.82, 2.24) is 10.6 Å². The predicted molar refractivity (Wildman–Crippen MR) is 106 cm³/mol. The molecule has 8 heteroatoms. The van der Waals surface area contributed by atoms with Gasteiger partial charge >= 0.3 is 12.2 Å². The van der Waals surface area contributed by atoms with Crippen molar-refractivity contribution in [3.8, 4) is 0 Å². The van der Waals surface area contributed by atoms with Crippen LogP contribution in [0.2, 0.25) is 0 Å². The zero-order valence-corrected chi connectivity index (χ0v) is 18.1. The largest absolute Gasteiger partial charge is 0.444 e. The van der Waals surface area contributed by atoms with Gasteiger partial charge in [-0.2, -0.15) is 0 Å². The highest BCUT2D eigenvalue weighted by Crippen LogP contribution is 2.37. The van der Waals surface area contributed by atoms with Crippen molar-refractivity contribution in [1.29, 1.82) is 0 Å². The van der Waals surface area contributed by atoms with Crippen LogP contribution in [0, 0.1) is 23.7 Å². The molecule has 0 aromatic heterocycles. The molecule has 2 aliphatic rings. The quantitative estimate of drug-likeness (QED) is 0.541. The highest BCUT2D eigenvalue weighted by Gasteiger charge is 2.37. The van der Waals surface area contributed by atoms with Crippen molar-refractivity contribution in [3.05, 3.63) is 0 Å². The van der Waals surface area contributed by atoms with Gasteiger partial charge < -0.3 is 30.3 Å². The van der Waals surface area contributed by atoms with Crippen LogP contribution in [0.4, 0.5) is 9.59 Å². The summed E-state index contributed by atoms with van der Waals surface area (Å²) in [6, 6.07) is 0. The first-order valence-electron chi connectivity index (χ1n) is 10.00. The first-order chi connectivity index (χ1) is 12.8. The van der Waals surface area contributed by atoms with Gasteiger partial charge in [0.25, 0.3) is 0 Å². The lowest BCUT2D eigenvalue weighted by Gasteiger charge is -2.19. The molecule has 0 aromatic rings. The highest BCUT2D eigenvalue weighted by atomic mass is 16.6. The molecule has 0 saturated heterocycles. The average Bonchev–Trinajstić information content (AvgIpc) is 3.43. The SMILES string of the molecule is CC(C)(C)OC(=O)NC[C@@H]1C[C@H]1CO.CC(C)(C)OC(=O)NC[C@H]1C[C@@H]1CO. The Balaban J connectivity index is 0.000000280. The summed E-state index contributed by atoms with van der Waals surface area (Å²) >= 11 is 0. The first-order valence-corrected chi connectivity index (χ1v) is 10.00. The van der Waals surface area contributed by atoms with E-state index in [1.54, 1.807) is 0 Å². The van der Waals surface area contributed by atoms with Crippen LogP contribution >= 0.6 is 0 Å². The molecule has 2 fully saturated rings. The van der Waals surface area contributed by atoms with Gasteiger partial charge in [0.2, 0.25) is 0 Å². The Morgan fingerprint density at radius 2 is 1.07 bits per heavy atom. The Hall–Kier alpha value is -1.54. The summed E-state index contributed by atoms with van der Waals surface area (Å²) in [6.45, 7) is 12.7. The number of amides is 2. The molecule has 28 heavy (non-hydrogen) atoms. The summed E-state index contributed by atoms with van der Waals surface area (Å²) in [5, 5.41) is 23.0. The van der Waals surface area contributed by atoms with E-state index in [-0.39, 0.29) is 25.4 Å². The lowest BCUT2D eigenvalue weighted by molar-refractivity contribution is 0.0512. The minimum atomic E-state index is -0.440. The topological polar surface area (TPSA) is 117 Å².